The van der Waals surface area contributed by atoms with Gasteiger partial charge in [-0.3, -0.25) is 0 Å². The zero-order valence-electron chi connectivity index (χ0n) is 15.8. The molecule has 0 radical (unpaired) electrons. The van der Waals surface area contributed by atoms with E-state index in [2.05, 4.69) is 48.5 Å². The van der Waals surface area contributed by atoms with Gasteiger partial charge >= 0.3 is 0 Å². The van der Waals surface area contributed by atoms with Crippen LogP contribution in [0.4, 0.5) is 0 Å². The predicted octanol–water partition coefficient (Wildman–Crippen LogP) is 6.94. The Morgan fingerprint density at radius 3 is 2.38 bits per heavy atom. The lowest BCUT2D eigenvalue weighted by Gasteiger charge is -2.47. The summed E-state index contributed by atoms with van der Waals surface area (Å²) in [6.45, 7) is 17.4. The summed E-state index contributed by atoms with van der Waals surface area (Å²) >= 11 is 0. The highest BCUT2D eigenvalue weighted by Crippen LogP contribution is 2.60. The average Bonchev–Trinajstić information content (AvgIpc) is 2.73. The van der Waals surface area contributed by atoms with Gasteiger partial charge in [0.25, 0.3) is 0 Å². The van der Waals surface area contributed by atoms with Crippen molar-refractivity contribution in [1.82, 2.24) is 0 Å². The summed E-state index contributed by atoms with van der Waals surface area (Å²) in [6, 6.07) is 0. The van der Waals surface area contributed by atoms with E-state index >= 15 is 0 Å². The fourth-order valence-corrected chi connectivity index (χ4v) is 5.79. The van der Waals surface area contributed by atoms with E-state index in [0.29, 0.717) is 10.8 Å². The molecule has 3 unspecified atom stereocenters. The standard InChI is InChI=1S/C21H40/c1-15(12-14-20(4,5)6)17(3)19-11-10-18-16(2)9-8-13-21(18,19)7/h15-19H,8-14H2,1-7H3/t15?,16-,17+,18?,19?,21-/m0/s1. The summed E-state index contributed by atoms with van der Waals surface area (Å²) in [6.07, 6.45) is 10.3. The molecule has 0 spiro atoms. The van der Waals surface area contributed by atoms with Crippen molar-refractivity contribution in [1.29, 1.82) is 0 Å². The van der Waals surface area contributed by atoms with Crippen LogP contribution in [0.2, 0.25) is 0 Å². The molecule has 0 heterocycles. The van der Waals surface area contributed by atoms with E-state index in [1.807, 2.05) is 0 Å². The zero-order chi connectivity index (χ0) is 15.8. The van der Waals surface area contributed by atoms with Gasteiger partial charge in [-0.15, -0.1) is 0 Å². The highest BCUT2D eigenvalue weighted by molar-refractivity contribution is 5.01. The SMILES string of the molecule is CC(CCC(C)(C)C)[C@@H](C)C1CCC2[C@@H](C)CCC[C@]12C. The summed E-state index contributed by atoms with van der Waals surface area (Å²) in [5.74, 6) is 4.79. The van der Waals surface area contributed by atoms with Crippen LogP contribution in [0.15, 0.2) is 0 Å². The fraction of sp³-hybridized carbons (Fsp3) is 1.00. The highest BCUT2D eigenvalue weighted by Gasteiger charge is 2.51. The maximum atomic E-state index is 2.65. The van der Waals surface area contributed by atoms with Gasteiger partial charge < -0.3 is 0 Å². The highest BCUT2D eigenvalue weighted by atomic mass is 14.6. The molecule has 0 aromatic heterocycles. The fourth-order valence-electron chi connectivity index (χ4n) is 5.79. The normalized spacial score (nSPS) is 39.9. The zero-order valence-corrected chi connectivity index (χ0v) is 15.8. The van der Waals surface area contributed by atoms with Crippen LogP contribution in [0.1, 0.15) is 93.4 Å². The quantitative estimate of drug-likeness (QED) is 0.526. The smallest absolute Gasteiger partial charge is 0.0264 e. The Kier molecular flexibility index (Phi) is 5.16. The van der Waals surface area contributed by atoms with E-state index in [-0.39, 0.29) is 0 Å². The lowest BCUT2D eigenvalue weighted by molar-refractivity contribution is 0.0227. The van der Waals surface area contributed by atoms with Crippen molar-refractivity contribution in [2.75, 3.05) is 0 Å². The summed E-state index contributed by atoms with van der Waals surface area (Å²) in [4.78, 5) is 0. The lowest BCUT2D eigenvalue weighted by atomic mass is 9.58. The van der Waals surface area contributed by atoms with Gasteiger partial charge in [0.05, 0.1) is 0 Å². The van der Waals surface area contributed by atoms with Crippen LogP contribution in [0.3, 0.4) is 0 Å². The van der Waals surface area contributed by atoms with Gasteiger partial charge in [0.15, 0.2) is 0 Å². The molecular weight excluding hydrogens is 252 g/mol. The van der Waals surface area contributed by atoms with Crippen molar-refractivity contribution in [3.8, 4) is 0 Å². The van der Waals surface area contributed by atoms with Crippen molar-refractivity contribution < 1.29 is 0 Å². The van der Waals surface area contributed by atoms with Gasteiger partial charge in [-0.1, -0.05) is 61.3 Å². The van der Waals surface area contributed by atoms with E-state index in [0.717, 1.165) is 29.6 Å². The van der Waals surface area contributed by atoms with Gasteiger partial charge in [-0.05, 0) is 72.5 Å². The second-order valence-corrected chi connectivity index (χ2v) is 10.1. The van der Waals surface area contributed by atoms with Crippen molar-refractivity contribution in [3.05, 3.63) is 0 Å². The van der Waals surface area contributed by atoms with E-state index in [4.69, 9.17) is 0 Å². The number of hydrogen-bond donors (Lipinski definition) is 0. The van der Waals surface area contributed by atoms with E-state index < -0.39 is 0 Å². The summed E-state index contributed by atoms with van der Waals surface area (Å²) in [7, 11) is 0. The Morgan fingerprint density at radius 2 is 1.76 bits per heavy atom. The molecule has 2 aliphatic carbocycles. The van der Waals surface area contributed by atoms with Gasteiger partial charge in [0.1, 0.15) is 0 Å². The van der Waals surface area contributed by atoms with Crippen LogP contribution >= 0.6 is 0 Å². The molecule has 0 amide bonds. The second kappa shape index (κ2) is 6.25. The van der Waals surface area contributed by atoms with Crippen LogP contribution in [0, 0.1) is 40.4 Å². The molecule has 0 nitrogen and oxygen atoms in total. The van der Waals surface area contributed by atoms with Crippen LogP contribution in [0.5, 0.6) is 0 Å². The maximum absolute atomic E-state index is 2.65. The number of rotatable bonds is 4. The minimum absolute atomic E-state index is 0.495. The van der Waals surface area contributed by atoms with Gasteiger partial charge in [-0.2, -0.15) is 0 Å². The van der Waals surface area contributed by atoms with Crippen molar-refractivity contribution in [2.45, 2.75) is 93.4 Å². The first kappa shape index (κ1) is 17.4. The summed E-state index contributed by atoms with van der Waals surface area (Å²) in [5.41, 5.74) is 1.16. The lowest BCUT2D eigenvalue weighted by Crippen LogP contribution is -2.39. The van der Waals surface area contributed by atoms with Crippen LogP contribution in [0.25, 0.3) is 0 Å². The monoisotopic (exact) mass is 292 g/mol. The van der Waals surface area contributed by atoms with Gasteiger partial charge in [0.2, 0.25) is 0 Å². The van der Waals surface area contributed by atoms with Crippen molar-refractivity contribution in [2.24, 2.45) is 40.4 Å². The minimum atomic E-state index is 0.495. The van der Waals surface area contributed by atoms with E-state index in [9.17, 15) is 0 Å². The largest absolute Gasteiger partial charge is 0.0622 e. The molecule has 2 fully saturated rings. The van der Waals surface area contributed by atoms with E-state index in [1.54, 1.807) is 0 Å². The molecule has 6 atom stereocenters. The van der Waals surface area contributed by atoms with Crippen LogP contribution in [-0.4, -0.2) is 0 Å². The van der Waals surface area contributed by atoms with E-state index in [1.165, 1.54) is 44.9 Å². The Hall–Kier alpha value is 0. The second-order valence-electron chi connectivity index (χ2n) is 10.1. The third-order valence-electron chi connectivity index (χ3n) is 7.43. The Labute approximate surface area is 134 Å². The Bertz CT molecular complexity index is 336. The Morgan fingerprint density at radius 1 is 1.10 bits per heavy atom. The number of hydrogen-bond acceptors (Lipinski definition) is 0. The summed E-state index contributed by atoms with van der Waals surface area (Å²) in [5, 5.41) is 0. The molecule has 2 saturated carbocycles. The van der Waals surface area contributed by atoms with Crippen LogP contribution < -0.4 is 0 Å². The van der Waals surface area contributed by atoms with Crippen LogP contribution in [-0.2, 0) is 0 Å². The molecule has 21 heavy (non-hydrogen) atoms. The Balaban J connectivity index is 2.00. The maximum Gasteiger partial charge on any atom is -0.0264 e. The van der Waals surface area contributed by atoms with Gasteiger partial charge in [0, 0.05) is 0 Å². The first-order chi connectivity index (χ1) is 9.65. The molecule has 0 aliphatic heterocycles. The molecular formula is C21H40. The molecule has 0 heteroatoms. The molecule has 124 valence electrons. The molecule has 2 aliphatic rings. The third kappa shape index (κ3) is 3.67. The molecule has 2 rings (SSSR count). The van der Waals surface area contributed by atoms with Crippen molar-refractivity contribution in [3.63, 3.8) is 0 Å². The molecule has 0 aromatic carbocycles. The third-order valence-corrected chi connectivity index (χ3v) is 7.43. The molecule has 0 aromatic rings. The number of fused-ring (bicyclic) bond motifs is 1. The molecule has 0 saturated heterocycles. The molecule has 0 N–H and O–H groups in total. The first-order valence-corrected chi connectivity index (χ1v) is 9.65. The average molecular weight is 293 g/mol. The van der Waals surface area contributed by atoms with Gasteiger partial charge in [-0.25, -0.2) is 0 Å². The summed E-state index contributed by atoms with van der Waals surface area (Å²) < 4.78 is 0. The minimum Gasteiger partial charge on any atom is -0.0622 e. The first-order valence-electron chi connectivity index (χ1n) is 9.65. The predicted molar refractivity (Wildman–Crippen MR) is 94.4 cm³/mol. The topological polar surface area (TPSA) is 0 Å². The molecule has 0 bridgehead atoms. The van der Waals surface area contributed by atoms with Crippen molar-refractivity contribution >= 4 is 0 Å².